The molecule has 2 amide bonds. The number of ether oxygens (including phenoxy) is 1. The fourth-order valence-corrected chi connectivity index (χ4v) is 2.64. The van der Waals surface area contributed by atoms with Gasteiger partial charge >= 0.3 is 6.03 Å². The van der Waals surface area contributed by atoms with Crippen LogP contribution < -0.4 is 15.4 Å². The maximum Gasteiger partial charge on any atom is 0.315 e. The molecule has 6 heteroatoms. The SMILES string of the molecule is CCn1nc(C)c(CNC(=O)NCCc2ccc(OC)cc2)c1C. The summed E-state index contributed by atoms with van der Waals surface area (Å²) in [5.41, 5.74) is 4.32. The quantitative estimate of drug-likeness (QED) is 0.820. The summed E-state index contributed by atoms with van der Waals surface area (Å²) < 4.78 is 7.08. The summed E-state index contributed by atoms with van der Waals surface area (Å²) in [6, 6.07) is 7.69. The third-order valence-electron chi connectivity index (χ3n) is 4.11. The van der Waals surface area contributed by atoms with E-state index in [2.05, 4.69) is 22.7 Å². The van der Waals surface area contributed by atoms with Crippen LogP contribution in [0, 0.1) is 13.8 Å². The van der Waals surface area contributed by atoms with Crippen molar-refractivity contribution < 1.29 is 9.53 Å². The molecule has 0 saturated heterocycles. The highest BCUT2D eigenvalue weighted by atomic mass is 16.5. The molecule has 6 nitrogen and oxygen atoms in total. The molecule has 2 aromatic rings. The Morgan fingerprint density at radius 2 is 1.92 bits per heavy atom. The lowest BCUT2D eigenvalue weighted by Crippen LogP contribution is -2.36. The first-order valence-corrected chi connectivity index (χ1v) is 8.22. The lowest BCUT2D eigenvalue weighted by Gasteiger charge is -2.09. The molecule has 0 fully saturated rings. The Hall–Kier alpha value is -2.50. The van der Waals surface area contributed by atoms with Crippen molar-refractivity contribution in [2.45, 2.75) is 40.3 Å². The number of methoxy groups -OCH3 is 1. The number of nitrogens with one attached hydrogen (secondary N) is 2. The number of nitrogens with zero attached hydrogens (tertiary/aromatic N) is 2. The van der Waals surface area contributed by atoms with Crippen molar-refractivity contribution in [3.05, 3.63) is 46.8 Å². The fourth-order valence-electron chi connectivity index (χ4n) is 2.64. The van der Waals surface area contributed by atoms with Crippen LogP contribution in [0.5, 0.6) is 5.75 Å². The van der Waals surface area contributed by atoms with Gasteiger partial charge < -0.3 is 15.4 Å². The number of hydrogen-bond acceptors (Lipinski definition) is 3. The monoisotopic (exact) mass is 330 g/mol. The molecule has 2 N–H and O–H groups in total. The second kappa shape index (κ2) is 8.38. The highest BCUT2D eigenvalue weighted by Crippen LogP contribution is 2.13. The Morgan fingerprint density at radius 1 is 1.21 bits per heavy atom. The van der Waals surface area contributed by atoms with E-state index in [1.807, 2.05) is 42.8 Å². The van der Waals surface area contributed by atoms with Gasteiger partial charge in [-0.15, -0.1) is 0 Å². The number of aryl methyl sites for hydroxylation is 2. The summed E-state index contributed by atoms with van der Waals surface area (Å²) in [4.78, 5) is 11.9. The van der Waals surface area contributed by atoms with Gasteiger partial charge in [0.15, 0.2) is 0 Å². The molecule has 1 aromatic carbocycles. The third kappa shape index (κ3) is 4.50. The van der Waals surface area contributed by atoms with E-state index in [1.54, 1.807) is 7.11 Å². The van der Waals surface area contributed by atoms with Crippen LogP contribution in [0.4, 0.5) is 4.79 Å². The number of carbonyl (C=O) groups is 1. The van der Waals surface area contributed by atoms with Crippen molar-refractivity contribution in [2.75, 3.05) is 13.7 Å². The number of rotatable bonds is 7. The Balaban J connectivity index is 1.76. The molecule has 0 spiro atoms. The first-order chi connectivity index (χ1) is 11.5. The molecule has 0 radical (unpaired) electrons. The average Bonchev–Trinajstić information content (AvgIpc) is 2.87. The lowest BCUT2D eigenvalue weighted by molar-refractivity contribution is 0.240. The molecule has 0 aliphatic heterocycles. The van der Waals surface area contributed by atoms with Crippen LogP contribution in [0.3, 0.4) is 0 Å². The normalized spacial score (nSPS) is 10.5. The Kier molecular flexibility index (Phi) is 6.23. The standard InChI is InChI=1S/C18H26N4O2/c1-5-22-14(3)17(13(2)21-22)12-20-18(23)19-11-10-15-6-8-16(24-4)9-7-15/h6-9H,5,10-12H2,1-4H3,(H2,19,20,23). The molecule has 0 atom stereocenters. The van der Waals surface area contributed by atoms with Gasteiger partial charge in [0.1, 0.15) is 5.75 Å². The maximum absolute atomic E-state index is 11.9. The summed E-state index contributed by atoms with van der Waals surface area (Å²) in [5.74, 6) is 0.836. The largest absolute Gasteiger partial charge is 0.497 e. The predicted molar refractivity (Wildman–Crippen MR) is 94.3 cm³/mol. The van der Waals surface area contributed by atoms with E-state index in [0.29, 0.717) is 13.1 Å². The minimum absolute atomic E-state index is 0.161. The number of hydrogen-bond donors (Lipinski definition) is 2. The topological polar surface area (TPSA) is 68.2 Å². The average molecular weight is 330 g/mol. The van der Waals surface area contributed by atoms with E-state index in [0.717, 1.165) is 41.2 Å². The summed E-state index contributed by atoms with van der Waals surface area (Å²) in [6.45, 7) is 7.97. The molecule has 0 aliphatic rings. The number of aromatic nitrogens is 2. The zero-order chi connectivity index (χ0) is 17.5. The zero-order valence-corrected chi connectivity index (χ0v) is 14.8. The summed E-state index contributed by atoms with van der Waals surface area (Å²) in [6.07, 6.45) is 0.781. The van der Waals surface area contributed by atoms with Crippen molar-refractivity contribution in [3.63, 3.8) is 0 Å². The second-order valence-electron chi connectivity index (χ2n) is 5.67. The second-order valence-corrected chi connectivity index (χ2v) is 5.67. The highest BCUT2D eigenvalue weighted by Gasteiger charge is 2.11. The van der Waals surface area contributed by atoms with Gasteiger partial charge in [0.25, 0.3) is 0 Å². The molecule has 1 aromatic heterocycles. The van der Waals surface area contributed by atoms with Gasteiger partial charge in [0.05, 0.1) is 12.8 Å². The molecule has 1 heterocycles. The first-order valence-electron chi connectivity index (χ1n) is 8.22. The van der Waals surface area contributed by atoms with E-state index in [4.69, 9.17) is 4.74 Å². The van der Waals surface area contributed by atoms with E-state index in [-0.39, 0.29) is 6.03 Å². The molecule has 24 heavy (non-hydrogen) atoms. The van der Waals surface area contributed by atoms with Gasteiger partial charge in [-0.3, -0.25) is 4.68 Å². The summed E-state index contributed by atoms with van der Waals surface area (Å²) in [7, 11) is 1.65. The van der Waals surface area contributed by atoms with Crippen LogP contribution in [0.15, 0.2) is 24.3 Å². The van der Waals surface area contributed by atoms with Crippen LogP contribution in [0.25, 0.3) is 0 Å². The predicted octanol–water partition coefficient (Wildman–Crippen LogP) is 2.57. The van der Waals surface area contributed by atoms with Gasteiger partial charge in [0, 0.05) is 30.9 Å². The smallest absolute Gasteiger partial charge is 0.315 e. The maximum atomic E-state index is 11.9. The Labute approximate surface area is 143 Å². The molecule has 0 saturated carbocycles. The number of urea groups is 1. The van der Waals surface area contributed by atoms with Crippen LogP contribution in [-0.4, -0.2) is 29.5 Å². The Bertz CT molecular complexity index is 677. The fraction of sp³-hybridized carbons (Fsp3) is 0.444. The minimum atomic E-state index is -0.161. The van der Waals surface area contributed by atoms with Gasteiger partial charge in [-0.2, -0.15) is 5.10 Å². The first kappa shape index (κ1) is 17.8. The van der Waals surface area contributed by atoms with Gasteiger partial charge in [0.2, 0.25) is 0 Å². The Morgan fingerprint density at radius 3 is 2.50 bits per heavy atom. The number of amides is 2. The summed E-state index contributed by atoms with van der Waals surface area (Å²) in [5, 5.41) is 10.2. The van der Waals surface area contributed by atoms with Crippen molar-refractivity contribution >= 4 is 6.03 Å². The van der Waals surface area contributed by atoms with Gasteiger partial charge in [-0.05, 0) is 44.9 Å². The van der Waals surface area contributed by atoms with E-state index in [1.165, 1.54) is 0 Å². The molecule has 130 valence electrons. The van der Waals surface area contributed by atoms with Crippen molar-refractivity contribution in [2.24, 2.45) is 0 Å². The van der Waals surface area contributed by atoms with Crippen molar-refractivity contribution in [1.82, 2.24) is 20.4 Å². The number of carbonyl (C=O) groups excluding carboxylic acids is 1. The third-order valence-corrected chi connectivity index (χ3v) is 4.11. The molecule has 0 unspecified atom stereocenters. The van der Waals surface area contributed by atoms with E-state index < -0.39 is 0 Å². The van der Waals surface area contributed by atoms with E-state index in [9.17, 15) is 4.79 Å². The molecule has 0 bridgehead atoms. The molecular formula is C18H26N4O2. The molecule has 2 rings (SSSR count). The highest BCUT2D eigenvalue weighted by molar-refractivity contribution is 5.73. The van der Waals surface area contributed by atoms with Crippen molar-refractivity contribution in [1.29, 1.82) is 0 Å². The molecule has 0 aliphatic carbocycles. The van der Waals surface area contributed by atoms with Crippen LogP contribution in [0.1, 0.15) is 29.4 Å². The number of benzene rings is 1. The zero-order valence-electron chi connectivity index (χ0n) is 14.8. The van der Waals surface area contributed by atoms with Crippen LogP contribution in [-0.2, 0) is 19.5 Å². The summed E-state index contributed by atoms with van der Waals surface area (Å²) >= 11 is 0. The minimum Gasteiger partial charge on any atom is -0.497 e. The van der Waals surface area contributed by atoms with Gasteiger partial charge in [-0.1, -0.05) is 12.1 Å². The van der Waals surface area contributed by atoms with Gasteiger partial charge in [-0.25, -0.2) is 4.79 Å². The van der Waals surface area contributed by atoms with Crippen LogP contribution >= 0.6 is 0 Å². The van der Waals surface area contributed by atoms with Crippen molar-refractivity contribution in [3.8, 4) is 5.75 Å². The lowest BCUT2D eigenvalue weighted by atomic mass is 10.1. The molecular weight excluding hydrogens is 304 g/mol. The van der Waals surface area contributed by atoms with E-state index >= 15 is 0 Å². The van der Waals surface area contributed by atoms with Crippen LogP contribution in [0.2, 0.25) is 0 Å².